The fraction of sp³-hybridized carbons (Fsp3) is 0.333. The third-order valence-corrected chi connectivity index (χ3v) is 5.55. The molecule has 1 heterocycles. The summed E-state index contributed by atoms with van der Waals surface area (Å²) in [4.78, 5) is 24.5. The summed E-state index contributed by atoms with van der Waals surface area (Å²) < 4.78 is 6.25. The molecule has 1 fully saturated rings. The third kappa shape index (κ3) is 5.12. The highest BCUT2D eigenvalue weighted by molar-refractivity contribution is 9.10. The Bertz CT molecular complexity index is 949. The Kier molecular flexibility index (Phi) is 7.42. The highest BCUT2D eigenvalue weighted by atomic mass is 79.9. The van der Waals surface area contributed by atoms with E-state index >= 15 is 0 Å². The predicted molar refractivity (Wildman–Crippen MR) is 113 cm³/mol. The van der Waals surface area contributed by atoms with E-state index in [0.717, 1.165) is 4.47 Å². The van der Waals surface area contributed by atoms with Crippen LogP contribution in [0.4, 0.5) is 5.69 Å². The lowest BCUT2D eigenvalue weighted by atomic mass is 9.95. The number of carbonyl (C=O) groups is 2. The van der Waals surface area contributed by atoms with Gasteiger partial charge in [0, 0.05) is 15.6 Å². The first-order chi connectivity index (χ1) is 14.7. The van der Waals surface area contributed by atoms with Gasteiger partial charge in [0.1, 0.15) is 24.4 Å². The second-order valence-electron chi connectivity index (χ2n) is 7.14. The SMILES string of the molecule is O=C(O)Cc1cccc(C(=O)c2ccc(Br)cc2)c1NC1OC(CO)C(O)C(O)C1O. The van der Waals surface area contributed by atoms with Crippen molar-refractivity contribution in [3.8, 4) is 0 Å². The van der Waals surface area contributed by atoms with Crippen LogP contribution in [0.25, 0.3) is 0 Å². The van der Waals surface area contributed by atoms with E-state index in [2.05, 4.69) is 21.2 Å². The van der Waals surface area contributed by atoms with Gasteiger partial charge in [-0.05, 0) is 35.9 Å². The Hall–Kier alpha value is -2.34. The molecule has 6 N–H and O–H groups in total. The monoisotopic (exact) mass is 495 g/mol. The summed E-state index contributed by atoms with van der Waals surface area (Å²) in [6.45, 7) is -0.620. The lowest BCUT2D eigenvalue weighted by Gasteiger charge is -2.40. The number of aliphatic carboxylic acids is 1. The molecule has 2 aromatic carbocycles. The molecule has 31 heavy (non-hydrogen) atoms. The number of ketones is 1. The third-order valence-electron chi connectivity index (χ3n) is 5.02. The second-order valence-corrected chi connectivity index (χ2v) is 8.06. The number of carboxylic acids is 1. The summed E-state index contributed by atoms with van der Waals surface area (Å²) in [5.41, 5.74) is 0.861. The maximum atomic E-state index is 13.1. The Labute approximate surface area is 186 Å². The zero-order valence-electron chi connectivity index (χ0n) is 16.2. The predicted octanol–water partition coefficient (Wildman–Crippen LogP) is 0.519. The van der Waals surface area contributed by atoms with Gasteiger partial charge < -0.3 is 35.6 Å². The van der Waals surface area contributed by atoms with Crippen LogP contribution in [0.3, 0.4) is 0 Å². The molecule has 1 aliphatic heterocycles. The van der Waals surface area contributed by atoms with E-state index in [9.17, 15) is 35.1 Å². The Morgan fingerprint density at radius 3 is 2.29 bits per heavy atom. The maximum absolute atomic E-state index is 13.1. The summed E-state index contributed by atoms with van der Waals surface area (Å²) in [5, 5.41) is 51.8. The van der Waals surface area contributed by atoms with Gasteiger partial charge in [-0.1, -0.05) is 28.1 Å². The standard InChI is InChI=1S/C21H22BrNO8/c22-12-6-4-10(5-7-12)17(27)13-3-1-2-11(8-15(25)26)16(13)23-21-20(30)19(29)18(28)14(9-24)31-21/h1-7,14,18-21,23-24,28-30H,8-9H2,(H,25,26). The van der Waals surface area contributed by atoms with Gasteiger partial charge in [0.2, 0.25) is 0 Å². The number of benzene rings is 2. The van der Waals surface area contributed by atoms with Gasteiger partial charge >= 0.3 is 5.97 Å². The number of carbonyl (C=O) groups excluding carboxylic acids is 1. The quantitative estimate of drug-likeness (QED) is 0.301. The molecular formula is C21H22BrNO8. The molecular weight excluding hydrogens is 474 g/mol. The number of carboxylic acid groups (broad SMARTS) is 1. The number of aliphatic hydroxyl groups excluding tert-OH is 4. The van der Waals surface area contributed by atoms with Crippen molar-refractivity contribution in [3.63, 3.8) is 0 Å². The van der Waals surface area contributed by atoms with E-state index in [0.29, 0.717) is 5.56 Å². The van der Waals surface area contributed by atoms with Crippen molar-refractivity contribution in [1.29, 1.82) is 0 Å². The number of nitrogens with one attached hydrogen (secondary N) is 1. The Morgan fingerprint density at radius 2 is 1.68 bits per heavy atom. The van der Waals surface area contributed by atoms with Gasteiger partial charge in [-0.25, -0.2) is 0 Å². The van der Waals surface area contributed by atoms with Crippen LogP contribution in [0, 0.1) is 0 Å². The van der Waals surface area contributed by atoms with Crippen LogP contribution >= 0.6 is 15.9 Å². The van der Waals surface area contributed by atoms with Gasteiger partial charge in [-0.2, -0.15) is 0 Å². The molecule has 1 saturated heterocycles. The minimum Gasteiger partial charge on any atom is -0.481 e. The number of aliphatic hydroxyl groups is 4. The van der Waals surface area contributed by atoms with Crippen LogP contribution in [-0.4, -0.2) is 74.5 Å². The second kappa shape index (κ2) is 9.86. The fourth-order valence-electron chi connectivity index (χ4n) is 3.39. The first kappa shape index (κ1) is 23.3. The lowest BCUT2D eigenvalue weighted by molar-refractivity contribution is -0.221. The molecule has 2 aromatic rings. The summed E-state index contributed by atoms with van der Waals surface area (Å²) in [7, 11) is 0. The fourth-order valence-corrected chi connectivity index (χ4v) is 3.65. The number of ether oxygens (including phenoxy) is 1. The first-order valence-corrected chi connectivity index (χ1v) is 10.2. The van der Waals surface area contributed by atoms with Crippen molar-refractivity contribution in [1.82, 2.24) is 0 Å². The maximum Gasteiger partial charge on any atom is 0.307 e. The normalized spacial score (nSPS) is 25.8. The zero-order chi connectivity index (χ0) is 22.7. The summed E-state index contributed by atoms with van der Waals surface area (Å²) in [5.74, 6) is -1.53. The van der Waals surface area contributed by atoms with Crippen molar-refractivity contribution in [2.45, 2.75) is 37.1 Å². The molecule has 5 unspecified atom stereocenters. The van der Waals surface area contributed by atoms with Gasteiger partial charge in [-0.3, -0.25) is 9.59 Å². The largest absolute Gasteiger partial charge is 0.481 e. The molecule has 0 amide bonds. The van der Waals surface area contributed by atoms with E-state index in [1.54, 1.807) is 30.3 Å². The van der Waals surface area contributed by atoms with E-state index < -0.39 is 55.4 Å². The van der Waals surface area contributed by atoms with Crippen molar-refractivity contribution >= 4 is 33.4 Å². The number of rotatable bonds is 7. The van der Waals surface area contributed by atoms with Crippen molar-refractivity contribution < 1.29 is 39.9 Å². The molecule has 9 nitrogen and oxygen atoms in total. The van der Waals surface area contributed by atoms with Crippen molar-refractivity contribution in [2.24, 2.45) is 0 Å². The van der Waals surface area contributed by atoms with Gasteiger partial charge in [0.25, 0.3) is 0 Å². The van der Waals surface area contributed by atoms with Crippen LogP contribution in [0.2, 0.25) is 0 Å². The van der Waals surface area contributed by atoms with Gasteiger partial charge in [-0.15, -0.1) is 0 Å². The van der Waals surface area contributed by atoms with Crippen LogP contribution in [0.1, 0.15) is 21.5 Å². The molecule has 0 bridgehead atoms. The van der Waals surface area contributed by atoms with Crippen LogP contribution in [-0.2, 0) is 16.0 Å². The molecule has 0 saturated carbocycles. The number of halogens is 1. The highest BCUT2D eigenvalue weighted by Crippen LogP contribution is 2.29. The number of para-hydroxylation sites is 1. The van der Waals surface area contributed by atoms with Crippen molar-refractivity contribution in [3.05, 3.63) is 63.6 Å². The number of hydrogen-bond donors (Lipinski definition) is 6. The first-order valence-electron chi connectivity index (χ1n) is 9.44. The molecule has 1 aliphatic rings. The van der Waals surface area contributed by atoms with Crippen LogP contribution in [0.5, 0.6) is 0 Å². The average Bonchev–Trinajstić information content (AvgIpc) is 2.74. The molecule has 3 rings (SSSR count). The number of hydrogen-bond acceptors (Lipinski definition) is 8. The smallest absolute Gasteiger partial charge is 0.307 e. The molecule has 0 radical (unpaired) electrons. The highest BCUT2D eigenvalue weighted by Gasteiger charge is 2.43. The topological polar surface area (TPSA) is 157 Å². The molecule has 5 atom stereocenters. The van der Waals surface area contributed by atoms with E-state index in [-0.39, 0.29) is 16.8 Å². The Balaban J connectivity index is 2.01. The minimum atomic E-state index is -1.62. The zero-order valence-corrected chi connectivity index (χ0v) is 17.8. The van der Waals surface area contributed by atoms with Gasteiger partial charge in [0.15, 0.2) is 12.0 Å². The van der Waals surface area contributed by atoms with E-state index in [1.807, 2.05) is 0 Å². The minimum absolute atomic E-state index is 0.113. The summed E-state index contributed by atoms with van der Waals surface area (Å²) in [6, 6.07) is 11.2. The van der Waals surface area contributed by atoms with Crippen LogP contribution in [0.15, 0.2) is 46.9 Å². The van der Waals surface area contributed by atoms with Crippen LogP contribution < -0.4 is 5.32 Å². The lowest BCUT2D eigenvalue weighted by Crippen LogP contribution is -2.60. The summed E-state index contributed by atoms with van der Waals surface area (Å²) in [6.07, 6.45) is -7.67. The van der Waals surface area contributed by atoms with E-state index in [4.69, 9.17) is 4.74 Å². The molecule has 166 valence electrons. The molecule has 0 aliphatic carbocycles. The Morgan fingerprint density at radius 1 is 1.00 bits per heavy atom. The van der Waals surface area contributed by atoms with Gasteiger partial charge in [0.05, 0.1) is 18.7 Å². The molecule has 10 heteroatoms. The average molecular weight is 496 g/mol. The molecule has 0 spiro atoms. The molecule has 0 aromatic heterocycles. The number of anilines is 1. The summed E-state index contributed by atoms with van der Waals surface area (Å²) >= 11 is 3.30. The van der Waals surface area contributed by atoms with E-state index in [1.165, 1.54) is 12.1 Å². The van der Waals surface area contributed by atoms with Crippen molar-refractivity contribution in [2.75, 3.05) is 11.9 Å².